The smallest absolute Gasteiger partial charge is 0.349 e. The summed E-state index contributed by atoms with van der Waals surface area (Å²) in [6.45, 7) is 1.11. The van der Waals surface area contributed by atoms with Gasteiger partial charge in [-0.25, -0.2) is 9.18 Å². The first-order valence-corrected chi connectivity index (χ1v) is 8.25. The van der Waals surface area contributed by atoms with Crippen LogP contribution in [0.3, 0.4) is 0 Å². The molecule has 0 saturated carbocycles. The van der Waals surface area contributed by atoms with E-state index in [1.54, 1.807) is 18.4 Å². The number of aryl methyl sites for hydroxylation is 1. The molecule has 0 unspecified atom stereocenters. The predicted molar refractivity (Wildman–Crippen MR) is 92.0 cm³/mol. The number of thiophene rings is 1. The van der Waals surface area contributed by atoms with E-state index >= 15 is 0 Å². The number of nitrogens with one attached hydrogen (secondary N) is 1. The van der Waals surface area contributed by atoms with Gasteiger partial charge >= 0.3 is 5.97 Å². The number of likely N-dealkylation sites (N-methyl/N-ethyl adjacent to an activating group) is 1. The number of carbonyl (C=O) groups excluding carboxylic acids is 3. The highest BCUT2D eigenvalue weighted by Gasteiger charge is 2.17. The van der Waals surface area contributed by atoms with Crippen LogP contribution in [0, 0.1) is 12.7 Å². The third kappa shape index (κ3) is 5.39. The third-order valence-corrected chi connectivity index (χ3v) is 4.31. The van der Waals surface area contributed by atoms with Crippen LogP contribution < -0.4 is 5.32 Å². The highest BCUT2D eigenvalue weighted by atomic mass is 32.1. The molecule has 0 aliphatic heterocycles. The van der Waals surface area contributed by atoms with E-state index in [9.17, 15) is 18.8 Å². The van der Waals surface area contributed by atoms with Crippen LogP contribution in [0.1, 0.15) is 15.2 Å². The zero-order chi connectivity index (χ0) is 18.4. The molecular formula is C17H17FN2O4S. The highest BCUT2D eigenvalue weighted by molar-refractivity contribution is 7.12. The molecule has 2 aromatic rings. The van der Waals surface area contributed by atoms with Crippen molar-refractivity contribution in [3.8, 4) is 0 Å². The topological polar surface area (TPSA) is 75.7 Å². The third-order valence-electron chi connectivity index (χ3n) is 3.31. The molecule has 8 heteroatoms. The van der Waals surface area contributed by atoms with Crippen molar-refractivity contribution in [3.05, 3.63) is 52.0 Å². The van der Waals surface area contributed by atoms with Gasteiger partial charge in [-0.2, -0.15) is 0 Å². The van der Waals surface area contributed by atoms with E-state index in [4.69, 9.17) is 4.74 Å². The number of hydrogen-bond donors (Lipinski definition) is 1. The van der Waals surface area contributed by atoms with Crippen molar-refractivity contribution in [2.75, 3.05) is 25.5 Å². The quantitative estimate of drug-likeness (QED) is 0.799. The fraction of sp³-hybridized carbons (Fsp3) is 0.235. The summed E-state index contributed by atoms with van der Waals surface area (Å²) in [5, 5.41) is 4.31. The Bertz CT molecular complexity index is 773. The molecular weight excluding hydrogens is 347 g/mol. The van der Waals surface area contributed by atoms with Crippen LogP contribution >= 0.6 is 11.3 Å². The minimum Gasteiger partial charge on any atom is -0.451 e. The van der Waals surface area contributed by atoms with Crippen molar-refractivity contribution < 1.29 is 23.5 Å². The van der Waals surface area contributed by atoms with Crippen LogP contribution in [0.25, 0.3) is 0 Å². The molecule has 1 aromatic heterocycles. The van der Waals surface area contributed by atoms with Gasteiger partial charge in [-0.3, -0.25) is 9.59 Å². The van der Waals surface area contributed by atoms with Crippen LogP contribution in [0.5, 0.6) is 0 Å². The first-order chi connectivity index (χ1) is 11.9. The van der Waals surface area contributed by atoms with Crippen LogP contribution in [0.4, 0.5) is 10.1 Å². The minimum absolute atomic E-state index is 0.216. The highest BCUT2D eigenvalue weighted by Crippen LogP contribution is 2.16. The Hall–Kier alpha value is -2.74. The summed E-state index contributed by atoms with van der Waals surface area (Å²) in [5.41, 5.74) is 1.21. The molecule has 1 N–H and O–H groups in total. The van der Waals surface area contributed by atoms with Gasteiger partial charge in [0.1, 0.15) is 10.7 Å². The molecule has 0 saturated heterocycles. The second kappa shape index (κ2) is 8.39. The summed E-state index contributed by atoms with van der Waals surface area (Å²) in [6.07, 6.45) is 0. The lowest BCUT2D eigenvalue weighted by molar-refractivity contribution is -0.136. The average molecular weight is 364 g/mol. The van der Waals surface area contributed by atoms with Crippen LogP contribution in [-0.2, 0) is 14.3 Å². The number of anilines is 1. The van der Waals surface area contributed by atoms with E-state index < -0.39 is 30.2 Å². The molecule has 2 rings (SSSR count). The molecule has 6 nitrogen and oxygen atoms in total. The maximum Gasteiger partial charge on any atom is 0.349 e. The zero-order valence-corrected chi connectivity index (χ0v) is 14.6. The molecule has 0 aliphatic carbocycles. The Balaban J connectivity index is 1.79. The second-order valence-electron chi connectivity index (χ2n) is 5.31. The number of rotatable bonds is 6. The van der Waals surface area contributed by atoms with E-state index in [1.165, 1.54) is 42.6 Å². The number of hydrogen-bond acceptors (Lipinski definition) is 5. The maximum atomic E-state index is 12.8. The standard InChI is InChI=1S/C17H17FN2O4S/c1-11-7-8-25-16(11)17(23)24-10-15(22)20(2)9-14(21)19-13-5-3-12(18)4-6-13/h3-8H,9-10H2,1-2H3,(H,19,21). The molecule has 0 spiro atoms. The van der Waals surface area contributed by atoms with Gasteiger partial charge in [-0.05, 0) is 48.2 Å². The van der Waals surface area contributed by atoms with Crippen LogP contribution in [0.15, 0.2) is 35.7 Å². The summed E-state index contributed by atoms with van der Waals surface area (Å²) < 4.78 is 17.8. The molecule has 0 aliphatic rings. The average Bonchev–Trinajstić information content (AvgIpc) is 3.00. The summed E-state index contributed by atoms with van der Waals surface area (Å²) in [7, 11) is 1.43. The van der Waals surface area contributed by atoms with Crippen molar-refractivity contribution in [1.29, 1.82) is 0 Å². The van der Waals surface area contributed by atoms with Gasteiger partial charge in [0.15, 0.2) is 6.61 Å². The van der Waals surface area contributed by atoms with Gasteiger partial charge in [0.05, 0.1) is 6.54 Å². The normalized spacial score (nSPS) is 10.2. The molecule has 25 heavy (non-hydrogen) atoms. The largest absolute Gasteiger partial charge is 0.451 e. The lowest BCUT2D eigenvalue weighted by Crippen LogP contribution is -2.37. The fourth-order valence-corrected chi connectivity index (χ4v) is 2.74. The maximum absolute atomic E-state index is 12.8. The summed E-state index contributed by atoms with van der Waals surface area (Å²) in [5.74, 6) is -1.92. The number of amides is 2. The SMILES string of the molecule is Cc1ccsc1C(=O)OCC(=O)N(C)CC(=O)Nc1ccc(F)cc1. The van der Waals surface area contributed by atoms with Crippen molar-refractivity contribution in [1.82, 2.24) is 4.90 Å². The molecule has 1 aromatic carbocycles. The minimum atomic E-state index is -0.565. The van der Waals surface area contributed by atoms with E-state index in [2.05, 4.69) is 5.32 Å². The molecule has 0 fully saturated rings. The van der Waals surface area contributed by atoms with E-state index in [-0.39, 0.29) is 6.54 Å². The van der Waals surface area contributed by atoms with Crippen molar-refractivity contribution in [2.45, 2.75) is 6.92 Å². The molecule has 2 amide bonds. The Kier molecular flexibility index (Phi) is 6.24. The number of esters is 1. The summed E-state index contributed by atoms with van der Waals surface area (Å²) in [4.78, 5) is 37.3. The van der Waals surface area contributed by atoms with E-state index in [0.717, 1.165) is 10.5 Å². The Labute approximate surface area is 148 Å². The summed E-state index contributed by atoms with van der Waals surface area (Å²) in [6, 6.07) is 7.06. The van der Waals surface area contributed by atoms with Gasteiger partial charge < -0.3 is 15.0 Å². The van der Waals surface area contributed by atoms with Crippen LogP contribution in [-0.4, -0.2) is 42.9 Å². The summed E-state index contributed by atoms with van der Waals surface area (Å²) >= 11 is 1.24. The fourth-order valence-electron chi connectivity index (χ4n) is 1.92. The van der Waals surface area contributed by atoms with Crippen molar-refractivity contribution >= 4 is 34.8 Å². The van der Waals surface area contributed by atoms with Gasteiger partial charge in [-0.15, -0.1) is 11.3 Å². The van der Waals surface area contributed by atoms with E-state index in [1.807, 2.05) is 0 Å². The Morgan fingerprint density at radius 1 is 1.20 bits per heavy atom. The first kappa shape index (κ1) is 18.6. The molecule has 1 heterocycles. The number of halogens is 1. The predicted octanol–water partition coefficient (Wildman–Crippen LogP) is 2.45. The molecule has 0 atom stereocenters. The lowest BCUT2D eigenvalue weighted by atomic mass is 10.3. The van der Waals surface area contributed by atoms with Gasteiger partial charge in [0.25, 0.3) is 5.91 Å². The lowest BCUT2D eigenvalue weighted by Gasteiger charge is -2.16. The molecule has 0 radical (unpaired) electrons. The number of carbonyl (C=O) groups is 3. The van der Waals surface area contributed by atoms with E-state index in [0.29, 0.717) is 10.6 Å². The Morgan fingerprint density at radius 2 is 1.88 bits per heavy atom. The Morgan fingerprint density at radius 3 is 2.48 bits per heavy atom. The molecule has 0 bridgehead atoms. The van der Waals surface area contributed by atoms with Crippen LogP contribution in [0.2, 0.25) is 0 Å². The monoisotopic (exact) mass is 364 g/mol. The number of benzene rings is 1. The molecule has 132 valence electrons. The zero-order valence-electron chi connectivity index (χ0n) is 13.7. The van der Waals surface area contributed by atoms with Crippen molar-refractivity contribution in [3.63, 3.8) is 0 Å². The number of nitrogens with zero attached hydrogens (tertiary/aromatic N) is 1. The van der Waals surface area contributed by atoms with Gasteiger partial charge in [0.2, 0.25) is 5.91 Å². The number of ether oxygens (including phenoxy) is 1. The van der Waals surface area contributed by atoms with Crippen molar-refractivity contribution in [2.24, 2.45) is 0 Å². The van der Waals surface area contributed by atoms with Gasteiger partial charge in [0, 0.05) is 12.7 Å². The first-order valence-electron chi connectivity index (χ1n) is 7.37. The second-order valence-corrected chi connectivity index (χ2v) is 6.23. The van der Waals surface area contributed by atoms with Gasteiger partial charge in [-0.1, -0.05) is 0 Å².